The summed E-state index contributed by atoms with van der Waals surface area (Å²) in [7, 11) is 0. The Morgan fingerprint density at radius 3 is 2.74 bits per heavy atom. The van der Waals surface area contributed by atoms with E-state index >= 15 is 0 Å². The average molecular weight is 284 g/mol. The van der Waals surface area contributed by atoms with Crippen LogP contribution in [0, 0.1) is 5.82 Å². The van der Waals surface area contributed by atoms with Gasteiger partial charge in [0.25, 0.3) is 0 Å². The highest BCUT2D eigenvalue weighted by atomic mass is 35.5. The summed E-state index contributed by atoms with van der Waals surface area (Å²) in [4.78, 5) is 0. The third-order valence-corrected chi connectivity index (χ3v) is 2.77. The first kappa shape index (κ1) is 15.7. The van der Waals surface area contributed by atoms with E-state index in [1.165, 1.54) is 6.07 Å². The van der Waals surface area contributed by atoms with Gasteiger partial charge in [-0.2, -0.15) is 5.10 Å². The minimum absolute atomic E-state index is 0. The Balaban J connectivity index is 0.00000180. The fourth-order valence-electron chi connectivity index (χ4n) is 1.93. The molecule has 0 saturated carbocycles. The lowest BCUT2D eigenvalue weighted by Crippen LogP contribution is -2.17. The summed E-state index contributed by atoms with van der Waals surface area (Å²) in [5, 5.41) is 7.57. The minimum Gasteiger partial charge on any atom is -0.307 e. The lowest BCUT2D eigenvalue weighted by Gasteiger charge is -2.11. The minimum atomic E-state index is -0.193. The standard InChI is InChI=1S/C14H18FN3.ClH/c1-11(2)18-14(6-7-17-18)10-16-9-12-4-3-5-13(15)8-12;/h3-8,11,16H,9-10H2,1-2H3;1H. The molecule has 2 rings (SSSR count). The second-order valence-electron chi connectivity index (χ2n) is 4.59. The molecular weight excluding hydrogens is 265 g/mol. The molecule has 2 aromatic rings. The molecule has 0 bridgehead atoms. The van der Waals surface area contributed by atoms with Crippen LogP contribution in [0.5, 0.6) is 0 Å². The van der Waals surface area contributed by atoms with Crippen molar-refractivity contribution in [3.63, 3.8) is 0 Å². The summed E-state index contributed by atoms with van der Waals surface area (Å²) in [6.07, 6.45) is 1.80. The van der Waals surface area contributed by atoms with Gasteiger partial charge in [0.1, 0.15) is 5.82 Å². The van der Waals surface area contributed by atoms with Crippen LogP contribution in [0.1, 0.15) is 31.1 Å². The molecule has 0 amide bonds. The predicted octanol–water partition coefficient (Wildman–Crippen LogP) is 3.31. The Bertz CT molecular complexity index is 511. The maximum absolute atomic E-state index is 13.0. The van der Waals surface area contributed by atoms with Gasteiger partial charge in [0, 0.05) is 25.3 Å². The Labute approximate surface area is 119 Å². The number of hydrogen-bond acceptors (Lipinski definition) is 2. The Morgan fingerprint density at radius 1 is 1.26 bits per heavy atom. The Hall–Kier alpha value is -1.39. The molecular formula is C14H19ClFN3. The third-order valence-electron chi connectivity index (χ3n) is 2.77. The van der Waals surface area contributed by atoms with Gasteiger partial charge in [-0.05, 0) is 37.6 Å². The Morgan fingerprint density at radius 2 is 2.05 bits per heavy atom. The molecule has 1 aromatic carbocycles. The van der Waals surface area contributed by atoms with Gasteiger partial charge in [0.15, 0.2) is 0 Å². The molecule has 0 aliphatic heterocycles. The number of aromatic nitrogens is 2. The summed E-state index contributed by atoms with van der Waals surface area (Å²) < 4.78 is 15.0. The summed E-state index contributed by atoms with van der Waals surface area (Å²) >= 11 is 0. The maximum atomic E-state index is 13.0. The smallest absolute Gasteiger partial charge is 0.123 e. The van der Waals surface area contributed by atoms with Gasteiger partial charge in [-0.3, -0.25) is 4.68 Å². The molecule has 1 heterocycles. The molecule has 1 N–H and O–H groups in total. The number of halogens is 2. The SMILES string of the molecule is CC(C)n1nccc1CNCc1cccc(F)c1.Cl. The van der Waals surface area contributed by atoms with Crippen molar-refractivity contribution < 1.29 is 4.39 Å². The molecule has 0 atom stereocenters. The van der Waals surface area contributed by atoms with Gasteiger partial charge in [-0.25, -0.2) is 4.39 Å². The molecule has 0 saturated heterocycles. The second-order valence-corrected chi connectivity index (χ2v) is 4.59. The highest BCUT2D eigenvalue weighted by Crippen LogP contribution is 2.08. The molecule has 0 unspecified atom stereocenters. The van der Waals surface area contributed by atoms with Crippen LogP contribution in [-0.4, -0.2) is 9.78 Å². The van der Waals surface area contributed by atoms with E-state index < -0.39 is 0 Å². The summed E-state index contributed by atoms with van der Waals surface area (Å²) in [5.74, 6) is -0.193. The highest BCUT2D eigenvalue weighted by Gasteiger charge is 2.05. The molecule has 104 valence electrons. The molecule has 5 heteroatoms. The van der Waals surface area contributed by atoms with Gasteiger partial charge >= 0.3 is 0 Å². The van der Waals surface area contributed by atoms with E-state index in [-0.39, 0.29) is 18.2 Å². The van der Waals surface area contributed by atoms with E-state index in [1.54, 1.807) is 18.3 Å². The van der Waals surface area contributed by atoms with Crippen LogP contribution < -0.4 is 5.32 Å². The largest absolute Gasteiger partial charge is 0.307 e. The first-order chi connectivity index (χ1) is 8.66. The van der Waals surface area contributed by atoms with Crippen LogP contribution in [-0.2, 0) is 13.1 Å². The van der Waals surface area contributed by atoms with E-state index in [9.17, 15) is 4.39 Å². The second kappa shape index (κ2) is 7.26. The lowest BCUT2D eigenvalue weighted by atomic mass is 10.2. The molecule has 0 fully saturated rings. The molecule has 0 radical (unpaired) electrons. The van der Waals surface area contributed by atoms with E-state index in [4.69, 9.17) is 0 Å². The number of nitrogens with one attached hydrogen (secondary N) is 1. The van der Waals surface area contributed by atoms with Crippen LogP contribution in [0.4, 0.5) is 4.39 Å². The normalized spacial score (nSPS) is 10.5. The van der Waals surface area contributed by atoms with Gasteiger partial charge in [-0.15, -0.1) is 12.4 Å². The molecule has 0 aliphatic rings. The van der Waals surface area contributed by atoms with E-state index in [2.05, 4.69) is 24.3 Å². The highest BCUT2D eigenvalue weighted by molar-refractivity contribution is 5.85. The third kappa shape index (κ3) is 4.33. The topological polar surface area (TPSA) is 29.9 Å². The van der Waals surface area contributed by atoms with Crippen molar-refractivity contribution in [2.24, 2.45) is 0 Å². The number of benzene rings is 1. The van der Waals surface area contributed by atoms with Crippen molar-refractivity contribution in [2.75, 3.05) is 0 Å². The number of nitrogens with zero attached hydrogens (tertiary/aromatic N) is 2. The first-order valence-electron chi connectivity index (χ1n) is 6.14. The molecule has 3 nitrogen and oxygen atoms in total. The number of hydrogen-bond donors (Lipinski definition) is 1. The van der Waals surface area contributed by atoms with Gasteiger partial charge in [0.2, 0.25) is 0 Å². The van der Waals surface area contributed by atoms with Crippen LogP contribution in [0.3, 0.4) is 0 Å². The molecule has 0 spiro atoms. The van der Waals surface area contributed by atoms with Gasteiger partial charge in [-0.1, -0.05) is 12.1 Å². The first-order valence-corrected chi connectivity index (χ1v) is 6.14. The van der Waals surface area contributed by atoms with E-state index in [1.807, 2.05) is 16.8 Å². The maximum Gasteiger partial charge on any atom is 0.123 e. The summed E-state index contributed by atoms with van der Waals surface area (Å²) in [5.41, 5.74) is 2.09. The lowest BCUT2D eigenvalue weighted by molar-refractivity contribution is 0.495. The van der Waals surface area contributed by atoms with Crippen LogP contribution in [0.25, 0.3) is 0 Å². The summed E-state index contributed by atoms with van der Waals surface area (Å²) in [6.45, 7) is 5.59. The number of rotatable bonds is 5. The van der Waals surface area contributed by atoms with Crippen LogP contribution >= 0.6 is 12.4 Å². The quantitative estimate of drug-likeness (QED) is 0.912. The van der Waals surface area contributed by atoms with Crippen molar-refractivity contribution >= 4 is 12.4 Å². The van der Waals surface area contributed by atoms with Crippen molar-refractivity contribution in [3.8, 4) is 0 Å². The Kier molecular flexibility index (Phi) is 5.99. The van der Waals surface area contributed by atoms with E-state index in [0.29, 0.717) is 12.6 Å². The molecule has 0 aliphatic carbocycles. The van der Waals surface area contributed by atoms with Gasteiger partial charge < -0.3 is 5.32 Å². The van der Waals surface area contributed by atoms with Crippen LogP contribution in [0.2, 0.25) is 0 Å². The molecule has 19 heavy (non-hydrogen) atoms. The van der Waals surface area contributed by atoms with Crippen molar-refractivity contribution in [1.29, 1.82) is 0 Å². The van der Waals surface area contributed by atoms with Crippen molar-refractivity contribution in [2.45, 2.75) is 33.0 Å². The summed E-state index contributed by atoms with van der Waals surface area (Å²) in [6, 6.07) is 8.99. The zero-order valence-corrected chi connectivity index (χ0v) is 12.0. The predicted molar refractivity (Wildman–Crippen MR) is 76.8 cm³/mol. The van der Waals surface area contributed by atoms with Gasteiger partial charge in [0.05, 0.1) is 5.69 Å². The monoisotopic (exact) mass is 283 g/mol. The zero-order valence-electron chi connectivity index (χ0n) is 11.1. The fraction of sp³-hybridized carbons (Fsp3) is 0.357. The van der Waals surface area contributed by atoms with Crippen molar-refractivity contribution in [3.05, 3.63) is 53.6 Å². The fourth-order valence-corrected chi connectivity index (χ4v) is 1.93. The zero-order chi connectivity index (χ0) is 13.0. The van der Waals surface area contributed by atoms with Crippen molar-refractivity contribution in [1.82, 2.24) is 15.1 Å². The van der Waals surface area contributed by atoms with E-state index in [0.717, 1.165) is 17.8 Å². The average Bonchev–Trinajstić information content (AvgIpc) is 2.77. The molecule has 1 aromatic heterocycles. The van der Waals surface area contributed by atoms with Crippen LogP contribution in [0.15, 0.2) is 36.5 Å².